The van der Waals surface area contributed by atoms with Crippen LogP contribution in [0.25, 0.3) is 11.2 Å². The maximum atomic E-state index is 13.3. The molecule has 1 amide bonds. The van der Waals surface area contributed by atoms with E-state index in [0.717, 1.165) is 4.57 Å². The average Bonchev–Trinajstić information content (AvgIpc) is 3.05. The molecule has 12 heteroatoms. The molecule has 10 nitrogen and oxygen atoms in total. The first-order valence-electron chi connectivity index (χ1n) is 8.92. The molecule has 1 aliphatic rings. The van der Waals surface area contributed by atoms with Gasteiger partial charge in [0, 0.05) is 22.7 Å². The van der Waals surface area contributed by atoms with Gasteiger partial charge in [0.2, 0.25) is 11.9 Å². The molecule has 30 heavy (non-hydrogen) atoms. The number of aromatic nitrogens is 4. The number of carbonyl (C=O) groups excluding carboxylic acids is 1. The first-order chi connectivity index (χ1) is 14.2. The second-order valence-electron chi connectivity index (χ2n) is 6.96. The molecule has 3 aromatic rings. The molecule has 4 rings (SSSR count). The van der Waals surface area contributed by atoms with Crippen LogP contribution in [0.2, 0.25) is 10.0 Å². The highest BCUT2D eigenvalue weighted by molar-refractivity contribution is 6.36. The molecule has 0 unspecified atom stereocenters. The van der Waals surface area contributed by atoms with Crippen LogP contribution < -0.4 is 22.0 Å². The molecular weight excluding hydrogens is 433 g/mol. The molecule has 3 heterocycles. The lowest BCUT2D eigenvalue weighted by atomic mass is 10.2. The summed E-state index contributed by atoms with van der Waals surface area (Å²) in [6, 6.07) is 4.96. The Morgan fingerprint density at radius 1 is 1.23 bits per heavy atom. The van der Waals surface area contributed by atoms with Crippen molar-refractivity contribution in [3.05, 3.63) is 54.6 Å². The molecule has 0 saturated heterocycles. The summed E-state index contributed by atoms with van der Waals surface area (Å²) in [5.74, 6) is -0.346. The van der Waals surface area contributed by atoms with E-state index in [0.29, 0.717) is 21.3 Å². The minimum atomic E-state index is -0.605. The lowest BCUT2D eigenvalue weighted by molar-refractivity contribution is -0.116. The summed E-state index contributed by atoms with van der Waals surface area (Å²) in [5, 5.41) is 6.31. The Kier molecular flexibility index (Phi) is 4.91. The first kappa shape index (κ1) is 20.2. The van der Waals surface area contributed by atoms with Gasteiger partial charge in [0.15, 0.2) is 11.2 Å². The van der Waals surface area contributed by atoms with Crippen LogP contribution in [0.3, 0.4) is 0 Å². The van der Waals surface area contributed by atoms with Crippen LogP contribution in [0.1, 0.15) is 12.5 Å². The number of nitrogens with two attached hydrogens (primary N) is 1. The molecule has 0 bridgehead atoms. The lowest BCUT2D eigenvalue weighted by Crippen LogP contribution is -2.40. The molecule has 1 aliphatic heterocycles. The van der Waals surface area contributed by atoms with Crippen LogP contribution >= 0.6 is 23.2 Å². The zero-order chi connectivity index (χ0) is 21.7. The molecule has 1 aromatic carbocycles. The number of carbonyl (C=O) groups is 1. The van der Waals surface area contributed by atoms with Gasteiger partial charge in [-0.05, 0) is 19.1 Å². The normalized spacial score (nSPS) is 13.5. The highest BCUT2D eigenvalue weighted by atomic mass is 35.5. The van der Waals surface area contributed by atoms with Crippen molar-refractivity contribution < 1.29 is 4.79 Å². The van der Waals surface area contributed by atoms with E-state index in [9.17, 15) is 14.4 Å². The van der Waals surface area contributed by atoms with Crippen LogP contribution in [-0.4, -0.2) is 36.8 Å². The summed E-state index contributed by atoms with van der Waals surface area (Å²) in [4.78, 5) is 42.1. The Hall–Kier alpha value is -3.11. The monoisotopic (exact) mass is 449 g/mol. The number of anilines is 1. The number of amides is 1. The highest BCUT2D eigenvalue weighted by Crippen LogP contribution is 2.26. The number of aryl methyl sites for hydroxylation is 1. The molecule has 2 N–H and O–H groups in total. The molecule has 0 fully saturated rings. The first-order valence-corrected chi connectivity index (χ1v) is 9.67. The van der Waals surface area contributed by atoms with E-state index < -0.39 is 17.2 Å². The van der Waals surface area contributed by atoms with Crippen LogP contribution in [-0.2, 0) is 24.9 Å². The van der Waals surface area contributed by atoms with Crippen molar-refractivity contribution in [3.8, 4) is 0 Å². The number of hydrogen-bond donors (Lipinski definition) is 1. The van der Waals surface area contributed by atoms with Crippen molar-refractivity contribution in [1.29, 1.82) is 0 Å². The number of hydrogen-bond acceptors (Lipinski definition) is 6. The number of hydrazone groups is 1. The van der Waals surface area contributed by atoms with Crippen molar-refractivity contribution in [2.24, 2.45) is 17.9 Å². The topological polar surface area (TPSA) is 121 Å². The average molecular weight is 450 g/mol. The molecule has 0 aliphatic carbocycles. The van der Waals surface area contributed by atoms with Crippen LogP contribution in [0.15, 0.2) is 32.9 Å². The van der Waals surface area contributed by atoms with Crippen molar-refractivity contribution in [2.45, 2.75) is 20.0 Å². The lowest BCUT2D eigenvalue weighted by Gasteiger charge is -2.23. The second-order valence-corrected chi connectivity index (χ2v) is 7.78. The van der Waals surface area contributed by atoms with Crippen molar-refractivity contribution >= 4 is 51.9 Å². The summed E-state index contributed by atoms with van der Waals surface area (Å²) in [6.45, 7) is 1.73. The summed E-state index contributed by atoms with van der Waals surface area (Å²) < 4.78 is 3.95. The van der Waals surface area contributed by atoms with Gasteiger partial charge in [0.1, 0.15) is 6.54 Å². The van der Waals surface area contributed by atoms with Crippen LogP contribution in [0.4, 0.5) is 5.95 Å². The second kappa shape index (κ2) is 7.29. The molecule has 0 spiro atoms. The minimum absolute atomic E-state index is 0.0987. The maximum Gasteiger partial charge on any atom is 0.332 e. The third-order valence-corrected chi connectivity index (χ3v) is 5.51. The number of benzene rings is 1. The van der Waals surface area contributed by atoms with Gasteiger partial charge >= 0.3 is 5.69 Å². The number of rotatable bonds is 4. The molecule has 0 atom stereocenters. The number of primary amides is 1. The van der Waals surface area contributed by atoms with Gasteiger partial charge < -0.3 is 5.73 Å². The van der Waals surface area contributed by atoms with E-state index in [1.54, 1.807) is 29.7 Å². The zero-order valence-electron chi connectivity index (χ0n) is 16.1. The number of fused-ring (bicyclic) bond motifs is 3. The van der Waals surface area contributed by atoms with E-state index in [1.165, 1.54) is 16.6 Å². The van der Waals surface area contributed by atoms with Gasteiger partial charge in [-0.3, -0.25) is 23.3 Å². The fraction of sp³-hybridized carbons (Fsp3) is 0.278. The molecule has 2 aromatic heterocycles. The number of imidazole rings is 1. The molecule has 156 valence electrons. The Morgan fingerprint density at radius 2 is 1.90 bits per heavy atom. The number of halogens is 2. The quantitative estimate of drug-likeness (QED) is 0.634. The Morgan fingerprint density at radius 3 is 2.53 bits per heavy atom. The summed E-state index contributed by atoms with van der Waals surface area (Å²) in [6.07, 6.45) is 0. The van der Waals surface area contributed by atoms with Crippen molar-refractivity contribution in [3.63, 3.8) is 0 Å². The molecule has 0 saturated carbocycles. The zero-order valence-corrected chi connectivity index (χ0v) is 17.6. The highest BCUT2D eigenvalue weighted by Gasteiger charge is 2.27. The van der Waals surface area contributed by atoms with Gasteiger partial charge in [-0.25, -0.2) is 9.80 Å². The fourth-order valence-electron chi connectivity index (χ4n) is 3.45. The van der Waals surface area contributed by atoms with Crippen LogP contribution in [0, 0.1) is 0 Å². The van der Waals surface area contributed by atoms with Crippen LogP contribution in [0.5, 0.6) is 0 Å². The van der Waals surface area contributed by atoms with Crippen molar-refractivity contribution in [1.82, 2.24) is 18.7 Å². The van der Waals surface area contributed by atoms with E-state index in [4.69, 9.17) is 28.9 Å². The van der Waals surface area contributed by atoms with E-state index in [2.05, 4.69) is 10.1 Å². The SMILES string of the molecule is CC1=NN(CC(N)=O)c2nc3c(c(=O)n(Cc4c(Cl)cccc4Cl)c(=O)n3C)n2C1. The Bertz CT molecular complexity index is 1330. The van der Waals surface area contributed by atoms with Gasteiger partial charge in [0.25, 0.3) is 5.56 Å². The molecular formula is C18H17Cl2N7O3. The smallest absolute Gasteiger partial charge is 0.332 e. The Labute approximate surface area is 179 Å². The predicted molar refractivity (Wildman–Crippen MR) is 114 cm³/mol. The fourth-order valence-corrected chi connectivity index (χ4v) is 3.97. The third-order valence-electron chi connectivity index (χ3n) is 4.81. The number of nitrogens with zero attached hydrogens (tertiary/aromatic N) is 6. The Balaban J connectivity index is 1.96. The van der Waals surface area contributed by atoms with Gasteiger partial charge in [-0.15, -0.1) is 0 Å². The van der Waals surface area contributed by atoms with Gasteiger partial charge in [0.05, 0.1) is 18.8 Å². The standard InChI is InChI=1S/C18H17Cl2N7O3/c1-9-6-25-14-15(22-17(25)27(23-9)8-13(21)28)24(2)18(30)26(16(14)29)7-10-11(19)4-3-5-12(10)20/h3-5H,6-8H2,1-2H3,(H2,21,28). The largest absolute Gasteiger partial charge is 0.368 e. The minimum Gasteiger partial charge on any atom is -0.368 e. The maximum absolute atomic E-state index is 13.3. The van der Waals surface area contributed by atoms with Gasteiger partial charge in [-0.1, -0.05) is 29.3 Å². The van der Waals surface area contributed by atoms with E-state index >= 15 is 0 Å². The van der Waals surface area contributed by atoms with Gasteiger partial charge in [-0.2, -0.15) is 10.1 Å². The molecule has 0 radical (unpaired) electrons. The predicted octanol–water partition coefficient (Wildman–Crippen LogP) is 0.933. The van der Waals surface area contributed by atoms with E-state index in [1.807, 2.05) is 0 Å². The summed E-state index contributed by atoms with van der Waals surface area (Å²) >= 11 is 12.5. The third kappa shape index (κ3) is 3.17. The summed E-state index contributed by atoms with van der Waals surface area (Å²) in [7, 11) is 1.51. The summed E-state index contributed by atoms with van der Waals surface area (Å²) in [5.41, 5.74) is 5.70. The van der Waals surface area contributed by atoms with Crippen molar-refractivity contribution in [2.75, 3.05) is 11.6 Å². The van der Waals surface area contributed by atoms with E-state index in [-0.39, 0.29) is 36.7 Å².